The van der Waals surface area contributed by atoms with E-state index in [2.05, 4.69) is 6.07 Å². The lowest BCUT2D eigenvalue weighted by Gasteiger charge is -2.21. The van der Waals surface area contributed by atoms with Crippen LogP contribution in [0.15, 0.2) is 18.2 Å². The Labute approximate surface area is 90.5 Å². The highest BCUT2D eigenvalue weighted by molar-refractivity contribution is 5.33. The van der Waals surface area contributed by atoms with E-state index >= 15 is 0 Å². The molecule has 0 bridgehead atoms. The molecular weight excluding hydrogens is 189 g/mol. The van der Waals surface area contributed by atoms with Gasteiger partial charge in [0.1, 0.15) is 5.67 Å². The Hall–Kier alpha value is -0.890. The summed E-state index contributed by atoms with van der Waals surface area (Å²) in [7, 11) is 0. The van der Waals surface area contributed by atoms with Gasteiger partial charge in [-0.05, 0) is 32.3 Å². The maximum Gasteiger partial charge on any atom is 0.137 e. The molecule has 2 N–H and O–H groups in total. The van der Waals surface area contributed by atoms with Gasteiger partial charge in [-0.2, -0.15) is 0 Å². The number of halogens is 1. The van der Waals surface area contributed by atoms with E-state index in [0.717, 1.165) is 23.1 Å². The Morgan fingerprint density at radius 1 is 1.27 bits per heavy atom. The van der Waals surface area contributed by atoms with E-state index in [9.17, 15) is 4.39 Å². The SMILES string of the molecule is Cc1cc(C)cc(C2(F)CCC(N)C2)c1. The van der Waals surface area contributed by atoms with Gasteiger partial charge in [-0.1, -0.05) is 29.3 Å². The van der Waals surface area contributed by atoms with Gasteiger partial charge in [0.25, 0.3) is 0 Å². The number of benzene rings is 1. The number of alkyl halides is 1. The van der Waals surface area contributed by atoms with Crippen LogP contribution in [-0.2, 0) is 5.67 Å². The zero-order valence-corrected chi connectivity index (χ0v) is 9.39. The van der Waals surface area contributed by atoms with Crippen LogP contribution in [0.4, 0.5) is 4.39 Å². The van der Waals surface area contributed by atoms with Crippen molar-refractivity contribution < 1.29 is 4.39 Å². The predicted octanol–water partition coefficient (Wildman–Crippen LogP) is 2.98. The van der Waals surface area contributed by atoms with E-state index in [1.165, 1.54) is 0 Å². The summed E-state index contributed by atoms with van der Waals surface area (Å²) in [5, 5.41) is 0. The number of hydrogen-bond donors (Lipinski definition) is 1. The third-order valence-corrected chi connectivity index (χ3v) is 3.24. The molecule has 82 valence electrons. The van der Waals surface area contributed by atoms with Crippen molar-refractivity contribution in [2.45, 2.75) is 44.8 Å². The van der Waals surface area contributed by atoms with Gasteiger partial charge in [-0.3, -0.25) is 0 Å². The van der Waals surface area contributed by atoms with Gasteiger partial charge in [0.15, 0.2) is 0 Å². The molecule has 2 atom stereocenters. The van der Waals surface area contributed by atoms with Crippen molar-refractivity contribution >= 4 is 0 Å². The first-order chi connectivity index (χ1) is 6.99. The standard InChI is InChI=1S/C13H18FN/c1-9-5-10(2)7-11(6-9)13(14)4-3-12(15)8-13/h5-7,12H,3-4,8,15H2,1-2H3. The Bertz CT molecular complexity index is 355. The van der Waals surface area contributed by atoms with Crippen LogP contribution < -0.4 is 5.73 Å². The van der Waals surface area contributed by atoms with Crippen LogP contribution in [0.1, 0.15) is 36.0 Å². The van der Waals surface area contributed by atoms with Crippen LogP contribution in [0.3, 0.4) is 0 Å². The molecule has 15 heavy (non-hydrogen) atoms. The average molecular weight is 207 g/mol. The van der Waals surface area contributed by atoms with Gasteiger partial charge < -0.3 is 5.73 Å². The summed E-state index contributed by atoms with van der Waals surface area (Å²) in [4.78, 5) is 0. The van der Waals surface area contributed by atoms with E-state index in [-0.39, 0.29) is 6.04 Å². The Balaban J connectivity index is 2.36. The van der Waals surface area contributed by atoms with Gasteiger partial charge in [0, 0.05) is 12.5 Å². The van der Waals surface area contributed by atoms with Crippen molar-refractivity contribution in [1.29, 1.82) is 0 Å². The number of aryl methyl sites for hydroxylation is 2. The second kappa shape index (κ2) is 3.60. The van der Waals surface area contributed by atoms with Crippen molar-refractivity contribution in [2.24, 2.45) is 5.73 Å². The molecule has 1 nitrogen and oxygen atoms in total. The molecule has 2 heteroatoms. The van der Waals surface area contributed by atoms with Crippen LogP contribution in [0, 0.1) is 13.8 Å². The first-order valence-electron chi connectivity index (χ1n) is 5.53. The molecule has 0 spiro atoms. The Kier molecular flexibility index (Phi) is 2.55. The van der Waals surface area contributed by atoms with Gasteiger partial charge in [-0.25, -0.2) is 4.39 Å². The number of hydrogen-bond acceptors (Lipinski definition) is 1. The molecule has 0 saturated heterocycles. The highest BCUT2D eigenvalue weighted by Gasteiger charge is 2.39. The monoisotopic (exact) mass is 207 g/mol. The second-order valence-electron chi connectivity index (χ2n) is 4.84. The van der Waals surface area contributed by atoms with Crippen molar-refractivity contribution in [3.8, 4) is 0 Å². The summed E-state index contributed by atoms with van der Waals surface area (Å²) >= 11 is 0. The maximum absolute atomic E-state index is 14.6. The second-order valence-corrected chi connectivity index (χ2v) is 4.84. The molecule has 0 aliphatic heterocycles. The smallest absolute Gasteiger partial charge is 0.137 e. The molecule has 1 fully saturated rings. The Morgan fingerprint density at radius 2 is 1.87 bits per heavy atom. The van der Waals surface area contributed by atoms with E-state index in [1.54, 1.807) is 0 Å². The highest BCUT2D eigenvalue weighted by atomic mass is 19.1. The lowest BCUT2D eigenvalue weighted by atomic mass is 9.91. The first kappa shape index (κ1) is 10.6. The zero-order valence-electron chi connectivity index (χ0n) is 9.39. The van der Waals surface area contributed by atoms with Crippen molar-refractivity contribution in [3.05, 3.63) is 34.9 Å². The van der Waals surface area contributed by atoms with Gasteiger partial charge in [0.2, 0.25) is 0 Å². The molecule has 0 amide bonds. The topological polar surface area (TPSA) is 26.0 Å². The van der Waals surface area contributed by atoms with Crippen LogP contribution in [0.25, 0.3) is 0 Å². The molecule has 2 rings (SSSR count). The molecule has 2 unspecified atom stereocenters. The third kappa shape index (κ3) is 2.05. The quantitative estimate of drug-likeness (QED) is 0.752. The van der Waals surface area contributed by atoms with Gasteiger partial charge in [0.05, 0.1) is 0 Å². The summed E-state index contributed by atoms with van der Waals surface area (Å²) in [6, 6.07) is 5.99. The van der Waals surface area contributed by atoms with Crippen LogP contribution in [-0.4, -0.2) is 6.04 Å². The summed E-state index contributed by atoms with van der Waals surface area (Å²) in [5.41, 5.74) is 7.67. The van der Waals surface area contributed by atoms with E-state index in [4.69, 9.17) is 5.73 Å². The molecule has 1 aliphatic carbocycles. The largest absolute Gasteiger partial charge is 0.328 e. The summed E-state index contributed by atoms with van der Waals surface area (Å²) in [5.74, 6) is 0. The van der Waals surface area contributed by atoms with Crippen LogP contribution in [0.2, 0.25) is 0 Å². The van der Waals surface area contributed by atoms with Crippen LogP contribution >= 0.6 is 0 Å². The molecule has 0 radical (unpaired) electrons. The van der Waals surface area contributed by atoms with Gasteiger partial charge >= 0.3 is 0 Å². The number of nitrogens with two attached hydrogens (primary N) is 1. The zero-order chi connectivity index (χ0) is 11.1. The minimum Gasteiger partial charge on any atom is -0.328 e. The summed E-state index contributed by atoms with van der Waals surface area (Å²) in [6.07, 6.45) is 1.83. The lowest BCUT2D eigenvalue weighted by molar-refractivity contribution is 0.172. The fourth-order valence-corrected chi connectivity index (χ4v) is 2.53. The maximum atomic E-state index is 14.6. The van der Waals surface area contributed by atoms with Crippen molar-refractivity contribution in [3.63, 3.8) is 0 Å². The van der Waals surface area contributed by atoms with Crippen LogP contribution in [0.5, 0.6) is 0 Å². The minimum absolute atomic E-state index is 0.0239. The molecule has 1 aliphatic rings. The van der Waals surface area contributed by atoms with E-state index < -0.39 is 5.67 Å². The molecular formula is C13H18FN. The van der Waals surface area contributed by atoms with E-state index in [0.29, 0.717) is 12.8 Å². The minimum atomic E-state index is -1.18. The summed E-state index contributed by atoms with van der Waals surface area (Å²) in [6.45, 7) is 4.02. The third-order valence-electron chi connectivity index (χ3n) is 3.24. The molecule has 1 saturated carbocycles. The lowest BCUT2D eigenvalue weighted by Crippen LogP contribution is -2.21. The molecule has 1 aromatic rings. The van der Waals surface area contributed by atoms with Gasteiger partial charge in [-0.15, -0.1) is 0 Å². The molecule has 1 aromatic carbocycles. The first-order valence-corrected chi connectivity index (χ1v) is 5.53. The number of rotatable bonds is 1. The Morgan fingerprint density at radius 3 is 2.33 bits per heavy atom. The molecule has 0 heterocycles. The predicted molar refractivity (Wildman–Crippen MR) is 60.5 cm³/mol. The van der Waals surface area contributed by atoms with Crippen molar-refractivity contribution in [1.82, 2.24) is 0 Å². The fraction of sp³-hybridized carbons (Fsp3) is 0.538. The fourth-order valence-electron chi connectivity index (χ4n) is 2.53. The molecule has 0 aromatic heterocycles. The van der Waals surface area contributed by atoms with E-state index in [1.807, 2.05) is 26.0 Å². The summed E-state index contributed by atoms with van der Waals surface area (Å²) < 4.78 is 14.6. The average Bonchev–Trinajstić information content (AvgIpc) is 2.46. The normalized spacial score (nSPS) is 30.8. The highest BCUT2D eigenvalue weighted by Crippen LogP contribution is 2.42. The van der Waals surface area contributed by atoms with Crippen molar-refractivity contribution in [2.75, 3.05) is 0 Å².